The number of aliphatic hydroxyl groups excluding tert-OH is 1. The summed E-state index contributed by atoms with van der Waals surface area (Å²) in [7, 11) is 0. The Labute approximate surface area is 328 Å². The Morgan fingerprint density at radius 3 is 2.12 bits per heavy atom. The van der Waals surface area contributed by atoms with Gasteiger partial charge in [0.15, 0.2) is 5.78 Å². The molecule has 0 spiro atoms. The topological polar surface area (TPSA) is 63.3 Å². The molecule has 0 bridgehead atoms. The fourth-order valence-corrected chi connectivity index (χ4v) is 7.96. The SMILES string of the molecule is CCC(C)(CC)C(=O)/C=C(\O)C(C)(CC)CC.Cc1cnc(-c2[c-]c3ccccc3c(C(C)(C)C)c2)c2sc(-c3cc4ccccc4o3)c(C)c12.[Ir]. The van der Waals surface area contributed by atoms with E-state index in [-0.39, 0.29) is 47.9 Å². The fourth-order valence-electron chi connectivity index (χ4n) is 6.62. The van der Waals surface area contributed by atoms with Crippen LogP contribution in [0.1, 0.15) is 105 Å². The van der Waals surface area contributed by atoms with E-state index in [1.807, 2.05) is 65.9 Å². The Morgan fingerprint density at radius 1 is 0.885 bits per heavy atom. The molecule has 6 aromatic rings. The summed E-state index contributed by atoms with van der Waals surface area (Å²) in [6, 6.07) is 24.8. The number of fused-ring (bicyclic) bond motifs is 3. The number of pyridine rings is 1. The summed E-state index contributed by atoms with van der Waals surface area (Å²) in [6.07, 6.45) is 6.75. The van der Waals surface area contributed by atoms with Crippen LogP contribution >= 0.6 is 11.3 Å². The van der Waals surface area contributed by atoms with Crippen molar-refractivity contribution in [3.63, 3.8) is 0 Å². The Bertz CT molecular complexity index is 2190. The number of aliphatic hydroxyl groups is 1. The summed E-state index contributed by atoms with van der Waals surface area (Å²) in [5.74, 6) is 1.21. The largest absolute Gasteiger partial charge is 0.512 e. The first-order chi connectivity index (χ1) is 24.1. The van der Waals surface area contributed by atoms with E-state index >= 15 is 0 Å². The number of carbonyl (C=O) groups excluding carboxylic acids is 1. The van der Waals surface area contributed by atoms with Gasteiger partial charge in [-0.15, -0.1) is 40.5 Å². The van der Waals surface area contributed by atoms with Crippen LogP contribution in [0.3, 0.4) is 0 Å². The zero-order chi connectivity index (χ0) is 37.3. The molecular weight excluding hydrogens is 839 g/mol. The number of aryl methyl sites for hydroxylation is 2. The van der Waals surface area contributed by atoms with Crippen molar-refractivity contribution >= 4 is 48.9 Å². The smallest absolute Gasteiger partial charge is 0.164 e. The molecule has 3 aromatic heterocycles. The fraction of sp³-hybridized carbons (Fsp3) is 0.391. The van der Waals surface area contributed by atoms with Gasteiger partial charge in [0, 0.05) is 59.0 Å². The van der Waals surface area contributed by atoms with Gasteiger partial charge < -0.3 is 9.52 Å². The number of hydrogen-bond donors (Lipinski definition) is 1. The zero-order valence-electron chi connectivity index (χ0n) is 32.7. The van der Waals surface area contributed by atoms with Gasteiger partial charge in [0.2, 0.25) is 0 Å². The monoisotopic (exact) mass is 893 g/mol. The number of para-hydroxylation sites is 1. The molecule has 3 aromatic carbocycles. The Morgan fingerprint density at radius 2 is 1.50 bits per heavy atom. The summed E-state index contributed by atoms with van der Waals surface area (Å²) in [5.41, 5.74) is 6.12. The van der Waals surface area contributed by atoms with Crippen LogP contribution in [0.15, 0.2) is 83.1 Å². The maximum Gasteiger partial charge on any atom is 0.164 e. The van der Waals surface area contributed by atoms with Crippen molar-refractivity contribution in [3.8, 4) is 21.9 Å². The second kappa shape index (κ2) is 16.2. The average Bonchev–Trinajstić information content (AvgIpc) is 3.71. The molecule has 0 amide bonds. The molecular formula is C46H54IrNO3S-. The molecule has 3 heterocycles. The number of ketones is 1. The van der Waals surface area contributed by atoms with E-state index in [0.29, 0.717) is 0 Å². The molecule has 6 heteroatoms. The van der Waals surface area contributed by atoms with Crippen LogP contribution in [0.25, 0.3) is 53.7 Å². The third-order valence-electron chi connectivity index (χ3n) is 11.2. The van der Waals surface area contributed by atoms with Crippen molar-refractivity contribution in [1.29, 1.82) is 0 Å². The third kappa shape index (κ3) is 8.00. The maximum absolute atomic E-state index is 12.2. The van der Waals surface area contributed by atoms with Crippen LogP contribution in [-0.4, -0.2) is 15.9 Å². The van der Waals surface area contributed by atoms with Crippen LogP contribution in [0, 0.1) is 30.7 Å². The van der Waals surface area contributed by atoms with Gasteiger partial charge in [-0.25, -0.2) is 0 Å². The Balaban J connectivity index is 0.000000289. The van der Waals surface area contributed by atoms with E-state index in [1.165, 1.54) is 43.1 Å². The predicted octanol–water partition coefficient (Wildman–Crippen LogP) is 13.9. The van der Waals surface area contributed by atoms with Crippen LogP contribution in [0.4, 0.5) is 0 Å². The third-order valence-corrected chi connectivity index (χ3v) is 12.5. The molecule has 1 N–H and O–H groups in total. The van der Waals surface area contributed by atoms with E-state index < -0.39 is 0 Å². The molecule has 6 rings (SSSR count). The number of aromatic nitrogens is 1. The van der Waals surface area contributed by atoms with Gasteiger partial charge >= 0.3 is 0 Å². The van der Waals surface area contributed by atoms with Crippen molar-refractivity contribution in [2.75, 3.05) is 0 Å². The summed E-state index contributed by atoms with van der Waals surface area (Å²) in [5, 5.41) is 14.9. The van der Waals surface area contributed by atoms with Gasteiger partial charge in [-0.05, 0) is 73.6 Å². The number of allylic oxidation sites excluding steroid dienone is 2. The number of hydrogen-bond acceptors (Lipinski definition) is 5. The molecule has 0 atom stereocenters. The number of benzene rings is 3. The number of carbonyl (C=O) groups is 1. The van der Waals surface area contributed by atoms with E-state index in [9.17, 15) is 9.90 Å². The summed E-state index contributed by atoms with van der Waals surface area (Å²) >= 11 is 1.77. The molecule has 0 saturated heterocycles. The minimum atomic E-state index is -0.337. The molecule has 277 valence electrons. The minimum Gasteiger partial charge on any atom is -0.512 e. The molecule has 0 aliphatic carbocycles. The minimum absolute atomic E-state index is 0. The molecule has 4 nitrogen and oxygen atoms in total. The molecule has 0 unspecified atom stereocenters. The quantitative estimate of drug-likeness (QED) is 0.0892. The van der Waals surface area contributed by atoms with Crippen molar-refractivity contribution in [2.24, 2.45) is 10.8 Å². The molecule has 0 aliphatic rings. The second-order valence-electron chi connectivity index (χ2n) is 15.5. The van der Waals surface area contributed by atoms with Crippen molar-refractivity contribution in [2.45, 2.75) is 107 Å². The number of nitrogens with zero attached hydrogens (tertiary/aromatic N) is 1. The number of furan rings is 1. The first kappa shape index (κ1) is 41.2. The van der Waals surface area contributed by atoms with Gasteiger partial charge in [-0.1, -0.05) is 110 Å². The average molecular weight is 893 g/mol. The molecule has 0 saturated carbocycles. The molecule has 0 aliphatic heterocycles. The van der Waals surface area contributed by atoms with E-state index in [1.54, 1.807) is 11.3 Å². The van der Waals surface area contributed by atoms with Crippen molar-refractivity contribution < 1.29 is 34.4 Å². The summed E-state index contributed by atoms with van der Waals surface area (Å²) in [4.78, 5) is 18.3. The first-order valence-corrected chi connectivity index (χ1v) is 19.2. The maximum atomic E-state index is 12.2. The Hall–Kier alpha value is -3.57. The van der Waals surface area contributed by atoms with Crippen LogP contribution in [0.5, 0.6) is 0 Å². The molecule has 52 heavy (non-hydrogen) atoms. The predicted molar refractivity (Wildman–Crippen MR) is 218 cm³/mol. The van der Waals surface area contributed by atoms with Crippen LogP contribution < -0.4 is 0 Å². The van der Waals surface area contributed by atoms with Crippen LogP contribution in [0.2, 0.25) is 0 Å². The molecule has 0 fully saturated rings. The van der Waals surface area contributed by atoms with E-state index in [4.69, 9.17) is 9.40 Å². The van der Waals surface area contributed by atoms with Gasteiger partial charge in [0.25, 0.3) is 0 Å². The molecule has 1 radical (unpaired) electrons. The van der Waals surface area contributed by atoms with Gasteiger partial charge in [-0.2, -0.15) is 0 Å². The summed E-state index contributed by atoms with van der Waals surface area (Å²) in [6.45, 7) is 23.2. The van der Waals surface area contributed by atoms with Crippen molar-refractivity contribution in [1.82, 2.24) is 4.98 Å². The Kier molecular flexibility index (Phi) is 12.8. The standard InChI is InChI=1S/C31H26NOS.C15H28O2.Ir/c1-18-17-32-28(22-14-20-10-6-8-12-23(20)24(15-22)31(3,4)5)30-27(18)19(2)29(34-30)26-16-21-11-7-9-13-25(21)33-26;1-7-14(5,8-2)12(16)11-13(17)15(6,9-3)10-4;/h6-13,15-17H,1-5H3;11,16H,7-10H2,1-6H3;/q-1;;/b;12-11-;. The van der Waals surface area contributed by atoms with E-state index in [0.717, 1.165) is 59.1 Å². The van der Waals surface area contributed by atoms with Crippen LogP contribution in [-0.2, 0) is 30.3 Å². The van der Waals surface area contributed by atoms with E-state index in [2.05, 4.69) is 83.1 Å². The normalized spacial score (nSPS) is 12.6. The summed E-state index contributed by atoms with van der Waals surface area (Å²) < 4.78 is 7.45. The van der Waals surface area contributed by atoms with Gasteiger partial charge in [0.1, 0.15) is 17.1 Å². The van der Waals surface area contributed by atoms with Crippen molar-refractivity contribution in [3.05, 3.63) is 101 Å². The van der Waals surface area contributed by atoms with Gasteiger partial charge in [0.05, 0.1) is 4.88 Å². The number of rotatable bonds is 9. The zero-order valence-corrected chi connectivity index (χ0v) is 35.9. The number of thiophene rings is 1. The second-order valence-corrected chi connectivity index (χ2v) is 16.5. The first-order valence-electron chi connectivity index (χ1n) is 18.4. The van der Waals surface area contributed by atoms with Gasteiger partial charge in [-0.3, -0.25) is 9.78 Å².